The molecule has 0 aliphatic heterocycles. The third-order valence-corrected chi connectivity index (χ3v) is 6.11. The molecular formula is C17H15NO4S2. The van der Waals surface area contributed by atoms with Crippen molar-refractivity contribution >= 4 is 36.3 Å². The van der Waals surface area contributed by atoms with Crippen molar-refractivity contribution in [3.05, 3.63) is 66.7 Å². The fraction of sp³-hybridized carbons (Fsp3) is 0.0588. The molecule has 1 N–H and O–H groups in total. The topological polar surface area (TPSA) is 80.3 Å². The highest BCUT2D eigenvalue weighted by Gasteiger charge is 2.16. The van der Waals surface area contributed by atoms with Crippen LogP contribution in [-0.2, 0) is 19.9 Å². The highest BCUT2D eigenvalue weighted by Crippen LogP contribution is 2.26. The normalized spacial score (nSPS) is 12.2. The molecular weight excluding hydrogens is 346 g/mol. The number of hydrogen-bond donors (Lipinski definition) is 1. The first kappa shape index (κ1) is 16.5. The quantitative estimate of drug-likeness (QED) is 0.774. The van der Waals surface area contributed by atoms with E-state index in [1.807, 2.05) is 30.3 Å². The lowest BCUT2D eigenvalue weighted by atomic mass is 10.1. The lowest BCUT2D eigenvalue weighted by molar-refractivity contribution is 0.597. The van der Waals surface area contributed by atoms with Crippen LogP contribution in [0, 0.1) is 0 Å². The van der Waals surface area contributed by atoms with Crippen LogP contribution in [0.2, 0.25) is 0 Å². The van der Waals surface area contributed by atoms with Crippen molar-refractivity contribution in [2.45, 2.75) is 9.79 Å². The monoisotopic (exact) mass is 361 g/mol. The minimum atomic E-state index is -3.81. The predicted octanol–water partition coefficient (Wildman–Crippen LogP) is 3.04. The van der Waals surface area contributed by atoms with Crippen LogP contribution < -0.4 is 4.72 Å². The summed E-state index contributed by atoms with van der Waals surface area (Å²) >= 11 is 0. The van der Waals surface area contributed by atoms with Crippen LogP contribution in [-0.4, -0.2) is 23.1 Å². The number of nitrogens with one attached hydrogen (secondary N) is 1. The molecule has 0 unspecified atom stereocenters. The Morgan fingerprint density at radius 3 is 1.96 bits per heavy atom. The van der Waals surface area contributed by atoms with Crippen LogP contribution in [0.3, 0.4) is 0 Å². The molecule has 0 bridgehead atoms. The van der Waals surface area contributed by atoms with E-state index >= 15 is 0 Å². The van der Waals surface area contributed by atoms with Crippen LogP contribution in [0.15, 0.2) is 76.5 Å². The number of hydrogen-bond acceptors (Lipinski definition) is 4. The van der Waals surface area contributed by atoms with Crippen molar-refractivity contribution in [1.29, 1.82) is 0 Å². The van der Waals surface area contributed by atoms with E-state index in [1.54, 1.807) is 12.1 Å². The molecule has 7 heteroatoms. The van der Waals surface area contributed by atoms with Gasteiger partial charge in [-0.25, -0.2) is 16.8 Å². The molecule has 0 fully saturated rings. The van der Waals surface area contributed by atoms with Crippen LogP contribution in [0.4, 0.5) is 5.69 Å². The standard InChI is InChI=1S/C17H15NO4S2/c1-23(19,20)14-9-11-15(12-10-14)24(21,22)18-17-8-4-6-13-5-2-3-7-16(13)17/h2-12,18H,1H3. The molecule has 0 aliphatic rings. The Labute approximate surface area is 140 Å². The molecule has 3 rings (SSSR count). The van der Waals surface area contributed by atoms with Gasteiger partial charge < -0.3 is 0 Å². The third kappa shape index (κ3) is 3.27. The number of benzene rings is 3. The highest BCUT2D eigenvalue weighted by atomic mass is 32.2. The molecule has 0 spiro atoms. The van der Waals surface area contributed by atoms with E-state index in [2.05, 4.69) is 4.72 Å². The Morgan fingerprint density at radius 2 is 1.29 bits per heavy atom. The molecule has 0 radical (unpaired) electrons. The molecule has 0 aromatic heterocycles. The second-order valence-electron chi connectivity index (χ2n) is 5.38. The van der Waals surface area contributed by atoms with Gasteiger partial charge in [-0.1, -0.05) is 36.4 Å². The van der Waals surface area contributed by atoms with Gasteiger partial charge >= 0.3 is 0 Å². The zero-order chi connectivity index (χ0) is 17.4. The second-order valence-corrected chi connectivity index (χ2v) is 9.07. The number of rotatable bonds is 4. The highest BCUT2D eigenvalue weighted by molar-refractivity contribution is 7.92. The smallest absolute Gasteiger partial charge is 0.261 e. The molecule has 0 saturated heterocycles. The summed E-state index contributed by atoms with van der Waals surface area (Å²) < 4.78 is 50.6. The van der Waals surface area contributed by atoms with E-state index in [0.717, 1.165) is 17.0 Å². The van der Waals surface area contributed by atoms with E-state index in [-0.39, 0.29) is 9.79 Å². The lowest BCUT2D eigenvalue weighted by Gasteiger charge is -2.11. The average Bonchev–Trinajstić information content (AvgIpc) is 2.54. The van der Waals surface area contributed by atoms with E-state index in [4.69, 9.17) is 0 Å². The molecule has 0 aliphatic carbocycles. The Hall–Kier alpha value is -2.38. The summed E-state index contributed by atoms with van der Waals surface area (Å²) in [5.74, 6) is 0. The van der Waals surface area contributed by atoms with E-state index in [9.17, 15) is 16.8 Å². The van der Waals surface area contributed by atoms with Gasteiger partial charge in [0.05, 0.1) is 15.5 Å². The van der Waals surface area contributed by atoms with Crippen molar-refractivity contribution in [1.82, 2.24) is 0 Å². The van der Waals surface area contributed by atoms with Crippen molar-refractivity contribution < 1.29 is 16.8 Å². The van der Waals surface area contributed by atoms with Crippen LogP contribution >= 0.6 is 0 Å². The zero-order valence-corrected chi connectivity index (χ0v) is 14.4. The van der Waals surface area contributed by atoms with Crippen molar-refractivity contribution in [2.75, 3.05) is 11.0 Å². The lowest BCUT2D eigenvalue weighted by Crippen LogP contribution is -2.13. The summed E-state index contributed by atoms with van der Waals surface area (Å²) in [4.78, 5) is 0.0782. The van der Waals surface area contributed by atoms with Gasteiger partial charge in [0.2, 0.25) is 0 Å². The molecule has 3 aromatic rings. The summed E-state index contributed by atoms with van der Waals surface area (Å²) in [7, 11) is -7.18. The predicted molar refractivity (Wildman–Crippen MR) is 94.3 cm³/mol. The summed E-state index contributed by atoms with van der Waals surface area (Å²) in [6, 6.07) is 17.9. The SMILES string of the molecule is CS(=O)(=O)c1ccc(S(=O)(=O)Nc2cccc3ccccc23)cc1. The van der Waals surface area contributed by atoms with Gasteiger partial charge in [0, 0.05) is 11.6 Å². The number of fused-ring (bicyclic) bond motifs is 1. The molecule has 0 heterocycles. The molecule has 0 amide bonds. The molecule has 0 atom stereocenters. The fourth-order valence-corrected chi connectivity index (χ4v) is 4.09. The third-order valence-electron chi connectivity index (χ3n) is 3.60. The summed E-state index contributed by atoms with van der Waals surface area (Å²) in [5, 5.41) is 1.71. The maximum absolute atomic E-state index is 12.5. The largest absolute Gasteiger partial charge is 0.279 e. The molecule has 3 aromatic carbocycles. The Balaban J connectivity index is 1.99. The molecule has 5 nitrogen and oxygen atoms in total. The van der Waals surface area contributed by atoms with Crippen LogP contribution in [0.25, 0.3) is 10.8 Å². The van der Waals surface area contributed by atoms with Crippen molar-refractivity contribution in [3.8, 4) is 0 Å². The van der Waals surface area contributed by atoms with Gasteiger partial charge in [0.1, 0.15) is 0 Å². The number of sulfone groups is 1. The zero-order valence-electron chi connectivity index (χ0n) is 12.8. The first-order chi connectivity index (χ1) is 11.3. The van der Waals surface area contributed by atoms with E-state index in [0.29, 0.717) is 5.69 Å². The van der Waals surface area contributed by atoms with Gasteiger partial charge in [-0.05, 0) is 35.7 Å². The number of anilines is 1. The first-order valence-corrected chi connectivity index (χ1v) is 10.5. The van der Waals surface area contributed by atoms with Gasteiger partial charge in [-0.15, -0.1) is 0 Å². The van der Waals surface area contributed by atoms with Crippen LogP contribution in [0.1, 0.15) is 0 Å². The minimum absolute atomic E-state index is 0.00262. The Kier molecular flexibility index (Phi) is 4.06. The van der Waals surface area contributed by atoms with Gasteiger partial charge in [0.15, 0.2) is 9.84 Å². The average molecular weight is 361 g/mol. The van der Waals surface area contributed by atoms with Gasteiger partial charge in [0.25, 0.3) is 10.0 Å². The Morgan fingerprint density at radius 1 is 0.708 bits per heavy atom. The molecule has 0 saturated carbocycles. The Bertz CT molecular complexity index is 1100. The fourth-order valence-electron chi connectivity index (χ4n) is 2.38. The summed E-state index contributed by atoms with van der Waals surface area (Å²) in [6.45, 7) is 0. The van der Waals surface area contributed by atoms with Crippen molar-refractivity contribution in [2.24, 2.45) is 0 Å². The van der Waals surface area contributed by atoms with Gasteiger partial charge in [-0.2, -0.15) is 0 Å². The maximum atomic E-state index is 12.5. The van der Waals surface area contributed by atoms with Crippen LogP contribution in [0.5, 0.6) is 0 Å². The maximum Gasteiger partial charge on any atom is 0.261 e. The minimum Gasteiger partial charge on any atom is -0.279 e. The summed E-state index contributed by atoms with van der Waals surface area (Å²) in [5.41, 5.74) is 0.472. The first-order valence-electron chi connectivity index (χ1n) is 7.08. The summed E-state index contributed by atoms with van der Waals surface area (Å²) in [6.07, 6.45) is 1.07. The van der Waals surface area contributed by atoms with Gasteiger partial charge in [-0.3, -0.25) is 4.72 Å². The second kappa shape index (κ2) is 5.92. The van der Waals surface area contributed by atoms with Crippen molar-refractivity contribution in [3.63, 3.8) is 0 Å². The molecule has 24 heavy (non-hydrogen) atoms. The number of sulfonamides is 1. The van der Waals surface area contributed by atoms with E-state index < -0.39 is 19.9 Å². The van der Waals surface area contributed by atoms with E-state index in [1.165, 1.54) is 24.3 Å². The molecule has 124 valence electrons.